The summed E-state index contributed by atoms with van der Waals surface area (Å²) in [5, 5.41) is 20.8. The second kappa shape index (κ2) is 13.5. The van der Waals surface area contributed by atoms with Gasteiger partial charge in [0.15, 0.2) is 11.6 Å². The molecule has 0 bridgehead atoms. The molecule has 0 unspecified atom stereocenters. The molecule has 2 N–H and O–H groups in total. The predicted molar refractivity (Wildman–Crippen MR) is 142 cm³/mol. The van der Waals surface area contributed by atoms with E-state index < -0.39 is 0 Å². The van der Waals surface area contributed by atoms with Gasteiger partial charge >= 0.3 is 0 Å². The fraction of sp³-hybridized carbons (Fsp3) is 0.296. The van der Waals surface area contributed by atoms with Gasteiger partial charge in [0.2, 0.25) is 0 Å². The quantitative estimate of drug-likeness (QED) is 0.269. The Labute approximate surface area is 218 Å². The molecule has 0 fully saturated rings. The van der Waals surface area contributed by atoms with E-state index in [1.807, 2.05) is 30.3 Å². The number of benzene rings is 2. The third kappa shape index (κ3) is 7.31. The summed E-state index contributed by atoms with van der Waals surface area (Å²) in [7, 11) is 0. The van der Waals surface area contributed by atoms with Crippen molar-refractivity contribution in [3.05, 3.63) is 65.7 Å². The van der Waals surface area contributed by atoms with Crippen LogP contribution in [0.5, 0.6) is 11.5 Å². The van der Waals surface area contributed by atoms with Crippen LogP contribution in [0.25, 0.3) is 0 Å². The van der Waals surface area contributed by atoms with Gasteiger partial charge < -0.3 is 20.0 Å². The second-order valence-electron chi connectivity index (χ2n) is 7.70. The summed E-state index contributed by atoms with van der Waals surface area (Å²) in [6.07, 6.45) is 3.18. The summed E-state index contributed by atoms with van der Waals surface area (Å²) in [6, 6.07) is 16.5. The molecule has 1 radical (unpaired) electrons. The third-order valence-corrected chi connectivity index (χ3v) is 5.68. The van der Waals surface area contributed by atoms with Crippen LogP contribution in [0.2, 0.25) is 0 Å². The van der Waals surface area contributed by atoms with E-state index in [1.54, 1.807) is 36.7 Å². The molecule has 0 aliphatic carbocycles. The van der Waals surface area contributed by atoms with Gasteiger partial charge in [0.1, 0.15) is 11.5 Å². The molecule has 185 valence electrons. The summed E-state index contributed by atoms with van der Waals surface area (Å²) in [5.74, 6) is 1.29. The molecule has 35 heavy (non-hydrogen) atoms. The van der Waals surface area contributed by atoms with Crippen molar-refractivity contribution in [2.45, 2.75) is 27.7 Å². The summed E-state index contributed by atoms with van der Waals surface area (Å²) >= 11 is 0. The number of rotatable bonds is 10. The number of hydrogen-bond donors (Lipinski definition) is 2. The fourth-order valence-corrected chi connectivity index (χ4v) is 3.68. The SMILES string of the molecule is CCN(CC)c1ccc(C=Nc2cccc(N=Cc3ccc(N(CC)CC)cc3O)n2)c(O)c1.[Mn]. The number of anilines is 2. The first kappa shape index (κ1) is 27.9. The zero-order valence-corrected chi connectivity index (χ0v) is 21.9. The molecule has 0 aliphatic rings. The Morgan fingerprint density at radius 2 is 1.09 bits per heavy atom. The number of phenolic OH excluding ortho intramolecular Hbond substituents is 2. The van der Waals surface area contributed by atoms with E-state index in [2.05, 4.69) is 52.5 Å². The molecule has 1 aromatic heterocycles. The van der Waals surface area contributed by atoms with E-state index in [0.717, 1.165) is 37.6 Å². The van der Waals surface area contributed by atoms with Gasteiger partial charge in [-0.05, 0) is 64.1 Å². The molecule has 0 saturated heterocycles. The van der Waals surface area contributed by atoms with Crippen LogP contribution < -0.4 is 9.80 Å². The van der Waals surface area contributed by atoms with E-state index in [1.165, 1.54) is 0 Å². The van der Waals surface area contributed by atoms with Gasteiger partial charge in [0, 0.05) is 90.3 Å². The van der Waals surface area contributed by atoms with E-state index >= 15 is 0 Å². The maximum Gasteiger partial charge on any atom is 0.154 e. The Morgan fingerprint density at radius 3 is 1.43 bits per heavy atom. The first-order valence-corrected chi connectivity index (χ1v) is 11.7. The van der Waals surface area contributed by atoms with Crippen LogP contribution in [-0.4, -0.2) is 53.8 Å². The monoisotopic (exact) mass is 514 g/mol. The average molecular weight is 515 g/mol. The topological polar surface area (TPSA) is 84.6 Å². The van der Waals surface area contributed by atoms with Crippen LogP contribution in [0.1, 0.15) is 38.8 Å². The Hall–Kier alpha value is -3.35. The summed E-state index contributed by atoms with van der Waals surface area (Å²) in [4.78, 5) is 17.6. The smallest absolute Gasteiger partial charge is 0.154 e. The number of nitrogens with zero attached hydrogens (tertiary/aromatic N) is 5. The largest absolute Gasteiger partial charge is 0.507 e. The normalized spacial score (nSPS) is 11.1. The van der Waals surface area contributed by atoms with E-state index in [9.17, 15) is 10.2 Å². The number of aliphatic imine (C=N–C) groups is 2. The molecule has 3 aromatic rings. The Morgan fingerprint density at radius 1 is 0.686 bits per heavy atom. The third-order valence-electron chi connectivity index (χ3n) is 5.68. The maximum absolute atomic E-state index is 10.4. The first-order chi connectivity index (χ1) is 16.5. The maximum atomic E-state index is 10.4. The minimum absolute atomic E-state index is 0. The fourth-order valence-electron chi connectivity index (χ4n) is 3.68. The van der Waals surface area contributed by atoms with E-state index in [-0.39, 0.29) is 28.6 Å². The molecule has 7 nitrogen and oxygen atoms in total. The van der Waals surface area contributed by atoms with Crippen LogP contribution >= 0.6 is 0 Å². The first-order valence-electron chi connectivity index (χ1n) is 11.7. The van der Waals surface area contributed by atoms with Crippen molar-refractivity contribution < 1.29 is 27.3 Å². The number of pyridine rings is 1. The molecule has 0 amide bonds. The summed E-state index contributed by atoms with van der Waals surface area (Å²) < 4.78 is 0. The molecular weight excluding hydrogens is 481 g/mol. The zero-order valence-electron chi connectivity index (χ0n) is 20.7. The van der Waals surface area contributed by atoms with Gasteiger partial charge in [-0.15, -0.1) is 0 Å². The van der Waals surface area contributed by atoms with Gasteiger partial charge in [0.05, 0.1) is 0 Å². The molecule has 1 heterocycles. The van der Waals surface area contributed by atoms with Crippen LogP contribution in [0, 0.1) is 0 Å². The molecule has 0 atom stereocenters. The average Bonchev–Trinajstić information content (AvgIpc) is 2.85. The molecule has 8 heteroatoms. The van der Waals surface area contributed by atoms with Crippen molar-refractivity contribution >= 4 is 35.4 Å². The number of aromatic hydroxyl groups is 2. The minimum atomic E-state index is 0. The standard InChI is InChI=1S/C27H33N5O2.Mn/c1-5-31(6-2)22-14-12-20(24(33)16-22)18-28-26-10-9-11-27(30-26)29-19-21-13-15-23(17-25(21)34)32(7-3)8-4;/h9-19,33-34H,5-8H2,1-4H3;. The Bertz CT molecular complexity index is 1070. The number of hydrogen-bond acceptors (Lipinski definition) is 7. The molecular formula is C27H33MnN5O2. The van der Waals surface area contributed by atoms with Gasteiger partial charge in [-0.2, -0.15) is 0 Å². The summed E-state index contributed by atoms with van der Waals surface area (Å²) in [6.45, 7) is 11.8. The van der Waals surface area contributed by atoms with E-state index in [4.69, 9.17) is 0 Å². The molecule has 3 rings (SSSR count). The van der Waals surface area contributed by atoms with Crippen molar-refractivity contribution in [3.63, 3.8) is 0 Å². The van der Waals surface area contributed by atoms with Gasteiger partial charge in [-0.3, -0.25) is 0 Å². The van der Waals surface area contributed by atoms with Crippen molar-refractivity contribution in [2.24, 2.45) is 9.98 Å². The molecule has 0 saturated carbocycles. The van der Waals surface area contributed by atoms with Gasteiger partial charge in [-0.1, -0.05) is 6.07 Å². The van der Waals surface area contributed by atoms with Crippen molar-refractivity contribution in [2.75, 3.05) is 36.0 Å². The molecule has 0 aliphatic heterocycles. The molecule has 0 spiro atoms. The zero-order chi connectivity index (χ0) is 24.5. The van der Waals surface area contributed by atoms with Crippen LogP contribution in [0.15, 0.2) is 64.6 Å². The molecule has 2 aromatic carbocycles. The van der Waals surface area contributed by atoms with Crippen LogP contribution in [-0.2, 0) is 17.1 Å². The minimum Gasteiger partial charge on any atom is -0.507 e. The number of phenols is 2. The predicted octanol–water partition coefficient (Wildman–Crippen LogP) is 5.68. The Balaban J connectivity index is 0.00000432. The van der Waals surface area contributed by atoms with Gasteiger partial charge in [0.25, 0.3) is 0 Å². The van der Waals surface area contributed by atoms with Crippen LogP contribution in [0.3, 0.4) is 0 Å². The van der Waals surface area contributed by atoms with Crippen LogP contribution in [0.4, 0.5) is 23.0 Å². The van der Waals surface area contributed by atoms with Crippen molar-refractivity contribution in [1.82, 2.24) is 4.98 Å². The van der Waals surface area contributed by atoms with Crippen molar-refractivity contribution in [1.29, 1.82) is 0 Å². The van der Waals surface area contributed by atoms with E-state index in [0.29, 0.717) is 22.8 Å². The second-order valence-corrected chi connectivity index (χ2v) is 7.70. The van der Waals surface area contributed by atoms with Crippen molar-refractivity contribution in [3.8, 4) is 11.5 Å². The Kier molecular flexibility index (Phi) is 10.8. The summed E-state index contributed by atoms with van der Waals surface area (Å²) in [5.41, 5.74) is 3.18. The number of aromatic nitrogens is 1. The van der Waals surface area contributed by atoms with Gasteiger partial charge in [-0.25, -0.2) is 15.0 Å².